The Morgan fingerprint density at radius 2 is 2.05 bits per heavy atom. The van der Waals surface area contributed by atoms with E-state index >= 15 is 0 Å². The molecule has 6 nitrogen and oxygen atoms in total. The van der Waals surface area contributed by atoms with Crippen molar-refractivity contribution in [2.24, 2.45) is 11.6 Å². The molecule has 0 bridgehead atoms. The molecule has 0 spiro atoms. The van der Waals surface area contributed by atoms with Gasteiger partial charge in [0.2, 0.25) is 0 Å². The number of nitrogens with zero attached hydrogens (tertiary/aromatic N) is 1. The van der Waals surface area contributed by atoms with Gasteiger partial charge in [0, 0.05) is 6.07 Å². The van der Waals surface area contributed by atoms with Gasteiger partial charge in [-0.2, -0.15) is 0 Å². The summed E-state index contributed by atoms with van der Waals surface area (Å²) in [5.74, 6) is 4.81. The van der Waals surface area contributed by atoms with Gasteiger partial charge in [0.1, 0.15) is 11.4 Å². The summed E-state index contributed by atoms with van der Waals surface area (Å²) < 4.78 is 4.41. The molecule has 0 aromatic heterocycles. The number of carbonyl (C=O) groups is 1. The molecular formula is C12H18ClN3O3. The van der Waals surface area contributed by atoms with E-state index in [9.17, 15) is 9.90 Å². The molecule has 0 heterocycles. The number of aromatic hydroxyl groups is 1. The van der Waals surface area contributed by atoms with Crippen molar-refractivity contribution in [3.05, 3.63) is 35.1 Å². The normalized spacial score (nSPS) is 10.3. The second-order valence-corrected chi connectivity index (χ2v) is 3.53. The molecule has 106 valence electrons. The Bertz CT molecular complexity index is 464. The number of methoxy groups -OCH3 is 1. The van der Waals surface area contributed by atoms with Crippen molar-refractivity contribution in [3.8, 4) is 5.75 Å². The summed E-state index contributed by atoms with van der Waals surface area (Å²) in [4.78, 5) is 11.0. The van der Waals surface area contributed by atoms with E-state index in [1.807, 2.05) is 13.8 Å². The molecule has 0 amide bonds. The number of hydrogen-bond donors (Lipinski definition) is 3. The molecule has 0 atom stereocenters. The SMILES string of the molecule is CC.COC(=O)/C(N)=C/N(N)c1ccc(Cl)c(O)c1. The Balaban J connectivity index is 0.00000154. The van der Waals surface area contributed by atoms with Gasteiger partial charge in [-0.15, -0.1) is 0 Å². The highest BCUT2D eigenvalue weighted by molar-refractivity contribution is 6.32. The third-order valence-corrected chi connectivity index (χ3v) is 2.25. The van der Waals surface area contributed by atoms with Gasteiger partial charge >= 0.3 is 5.97 Å². The van der Waals surface area contributed by atoms with E-state index in [2.05, 4.69) is 4.74 Å². The first-order valence-corrected chi connectivity index (χ1v) is 5.91. The predicted octanol–water partition coefficient (Wildman–Crippen LogP) is 1.73. The first-order valence-electron chi connectivity index (χ1n) is 5.53. The fourth-order valence-electron chi connectivity index (χ4n) is 1.06. The Kier molecular flexibility index (Phi) is 7.40. The summed E-state index contributed by atoms with van der Waals surface area (Å²) in [5, 5.41) is 10.7. The van der Waals surface area contributed by atoms with E-state index in [0.29, 0.717) is 5.69 Å². The van der Waals surface area contributed by atoms with Crippen molar-refractivity contribution < 1.29 is 14.6 Å². The lowest BCUT2D eigenvalue weighted by Gasteiger charge is -2.15. The minimum absolute atomic E-state index is 0.121. The zero-order valence-corrected chi connectivity index (χ0v) is 11.8. The number of hydrogen-bond acceptors (Lipinski definition) is 6. The number of phenolic OH excluding ortho intramolecular Hbond substituents is 1. The van der Waals surface area contributed by atoms with Crippen LogP contribution in [0.3, 0.4) is 0 Å². The van der Waals surface area contributed by atoms with Gasteiger partial charge in [0.25, 0.3) is 0 Å². The molecule has 0 radical (unpaired) electrons. The molecule has 0 fully saturated rings. The number of hydrazine groups is 1. The van der Waals surface area contributed by atoms with Crippen LogP contribution in [0, 0.1) is 0 Å². The van der Waals surface area contributed by atoms with Crippen LogP contribution >= 0.6 is 11.6 Å². The van der Waals surface area contributed by atoms with Crippen molar-refractivity contribution in [3.63, 3.8) is 0 Å². The summed E-state index contributed by atoms with van der Waals surface area (Å²) in [5.41, 5.74) is 5.66. The topological polar surface area (TPSA) is 102 Å². The average Bonchev–Trinajstić information content (AvgIpc) is 2.42. The van der Waals surface area contributed by atoms with Gasteiger partial charge in [0.05, 0.1) is 24.0 Å². The molecule has 0 aliphatic carbocycles. The summed E-state index contributed by atoms with van der Waals surface area (Å²) in [6.07, 6.45) is 1.18. The summed E-state index contributed by atoms with van der Waals surface area (Å²) in [6.45, 7) is 4.00. The van der Waals surface area contributed by atoms with Crippen LogP contribution in [0.25, 0.3) is 0 Å². The van der Waals surface area contributed by atoms with Crippen molar-refractivity contribution in [1.82, 2.24) is 0 Å². The second-order valence-electron chi connectivity index (χ2n) is 3.12. The first kappa shape index (κ1) is 17.1. The highest BCUT2D eigenvalue weighted by Gasteiger charge is 2.08. The number of ether oxygens (including phenoxy) is 1. The summed E-state index contributed by atoms with van der Waals surface area (Å²) in [7, 11) is 1.21. The number of halogens is 1. The zero-order valence-electron chi connectivity index (χ0n) is 11.1. The molecule has 0 saturated heterocycles. The second kappa shape index (κ2) is 8.23. The zero-order chi connectivity index (χ0) is 15.0. The van der Waals surface area contributed by atoms with Crippen molar-refractivity contribution >= 4 is 23.3 Å². The van der Waals surface area contributed by atoms with Crippen LogP contribution in [0.5, 0.6) is 5.75 Å². The summed E-state index contributed by atoms with van der Waals surface area (Å²) in [6, 6.07) is 4.36. The monoisotopic (exact) mass is 287 g/mol. The number of nitrogens with two attached hydrogens (primary N) is 2. The number of phenols is 1. The fourth-order valence-corrected chi connectivity index (χ4v) is 1.17. The van der Waals surface area contributed by atoms with Crippen molar-refractivity contribution in [1.29, 1.82) is 0 Å². The van der Waals surface area contributed by atoms with Gasteiger partial charge < -0.3 is 15.6 Å². The Morgan fingerprint density at radius 1 is 1.47 bits per heavy atom. The molecule has 1 aromatic rings. The van der Waals surface area contributed by atoms with Gasteiger partial charge in [0.15, 0.2) is 0 Å². The smallest absolute Gasteiger partial charge is 0.355 e. The molecule has 0 unspecified atom stereocenters. The minimum Gasteiger partial charge on any atom is -0.506 e. The predicted molar refractivity (Wildman–Crippen MR) is 75.4 cm³/mol. The van der Waals surface area contributed by atoms with E-state index in [-0.39, 0.29) is 16.5 Å². The third kappa shape index (κ3) is 5.07. The lowest BCUT2D eigenvalue weighted by molar-refractivity contribution is -0.136. The van der Waals surface area contributed by atoms with Crippen molar-refractivity contribution in [2.75, 3.05) is 12.1 Å². The minimum atomic E-state index is -0.696. The maximum absolute atomic E-state index is 11.0. The number of esters is 1. The van der Waals surface area contributed by atoms with Gasteiger partial charge in [-0.3, -0.25) is 5.01 Å². The number of rotatable bonds is 3. The van der Waals surface area contributed by atoms with Crippen LogP contribution in [-0.2, 0) is 9.53 Å². The molecule has 7 heteroatoms. The van der Waals surface area contributed by atoms with Gasteiger partial charge in [-0.05, 0) is 12.1 Å². The number of anilines is 1. The van der Waals surface area contributed by atoms with Gasteiger partial charge in [-0.25, -0.2) is 10.6 Å². The van der Waals surface area contributed by atoms with Crippen LogP contribution in [0.15, 0.2) is 30.1 Å². The van der Waals surface area contributed by atoms with E-state index in [0.717, 1.165) is 5.01 Å². The van der Waals surface area contributed by atoms with Crippen LogP contribution in [-0.4, -0.2) is 18.2 Å². The molecule has 0 aliphatic rings. The van der Waals surface area contributed by atoms with Crippen LogP contribution in [0.1, 0.15) is 13.8 Å². The molecule has 1 aromatic carbocycles. The number of carbonyl (C=O) groups excluding carboxylic acids is 1. The van der Waals surface area contributed by atoms with E-state index in [1.54, 1.807) is 6.07 Å². The maximum Gasteiger partial charge on any atom is 0.355 e. The average molecular weight is 288 g/mol. The van der Waals surface area contributed by atoms with E-state index < -0.39 is 5.97 Å². The van der Waals surface area contributed by atoms with Crippen LogP contribution in [0.2, 0.25) is 5.02 Å². The Labute approximate surface area is 117 Å². The third-order valence-electron chi connectivity index (χ3n) is 1.93. The van der Waals surface area contributed by atoms with Crippen LogP contribution in [0.4, 0.5) is 5.69 Å². The maximum atomic E-state index is 11.0. The molecule has 1 rings (SSSR count). The van der Waals surface area contributed by atoms with Crippen LogP contribution < -0.4 is 16.6 Å². The highest BCUT2D eigenvalue weighted by Crippen LogP contribution is 2.27. The fraction of sp³-hybridized carbons (Fsp3) is 0.250. The van der Waals surface area contributed by atoms with Gasteiger partial charge in [-0.1, -0.05) is 25.4 Å². The molecule has 0 aliphatic heterocycles. The highest BCUT2D eigenvalue weighted by atomic mass is 35.5. The molecule has 0 saturated carbocycles. The number of benzene rings is 1. The Morgan fingerprint density at radius 3 is 2.53 bits per heavy atom. The molecule has 19 heavy (non-hydrogen) atoms. The molecular weight excluding hydrogens is 270 g/mol. The standard InChI is InChI=1S/C10H12ClN3O3.C2H6/c1-17-10(16)8(12)5-14(13)6-2-3-7(11)9(15)4-6;1-2/h2-5,15H,12-13H2,1H3;1-2H3/b8-5-;. The van der Waals surface area contributed by atoms with Crippen molar-refractivity contribution in [2.45, 2.75) is 13.8 Å². The first-order chi connectivity index (χ1) is 8.95. The lowest BCUT2D eigenvalue weighted by Crippen LogP contribution is -2.27. The lowest BCUT2D eigenvalue weighted by atomic mass is 10.3. The largest absolute Gasteiger partial charge is 0.506 e. The Hall–Kier alpha value is -1.92. The van der Waals surface area contributed by atoms with E-state index in [1.165, 1.54) is 25.4 Å². The summed E-state index contributed by atoms with van der Waals surface area (Å²) >= 11 is 5.64. The van der Waals surface area contributed by atoms with E-state index in [4.69, 9.17) is 23.2 Å². The molecule has 5 N–H and O–H groups in total. The quantitative estimate of drug-likeness (QED) is 0.339.